The van der Waals surface area contributed by atoms with Crippen molar-refractivity contribution in [3.8, 4) is 11.5 Å². The Hall–Kier alpha value is -1.23. The summed E-state index contributed by atoms with van der Waals surface area (Å²) < 4.78 is 12.2. The van der Waals surface area contributed by atoms with Gasteiger partial charge in [-0.15, -0.1) is 0 Å². The molecule has 0 aromatic heterocycles. The van der Waals surface area contributed by atoms with E-state index in [1.54, 1.807) is 0 Å². The van der Waals surface area contributed by atoms with Gasteiger partial charge in [0, 0.05) is 16.5 Å². The zero-order chi connectivity index (χ0) is 14.0. The van der Waals surface area contributed by atoms with Crippen LogP contribution in [0.1, 0.15) is 37.3 Å². The number of carbonyl (C=O) groups is 1. The summed E-state index contributed by atoms with van der Waals surface area (Å²) >= 11 is 3.45. The molecule has 1 aliphatic rings. The van der Waals surface area contributed by atoms with E-state index in [-0.39, 0.29) is 12.3 Å². The first kappa shape index (κ1) is 14.2. The number of hydrogen-bond donors (Lipinski definition) is 1. The van der Waals surface area contributed by atoms with Gasteiger partial charge in [-0.05, 0) is 17.5 Å². The van der Waals surface area contributed by atoms with Crippen LogP contribution in [0.2, 0.25) is 0 Å². The van der Waals surface area contributed by atoms with Gasteiger partial charge in [-0.1, -0.05) is 29.8 Å². The molecule has 1 aromatic rings. The van der Waals surface area contributed by atoms with Crippen molar-refractivity contribution in [2.45, 2.75) is 32.6 Å². The summed E-state index contributed by atoms with van der Waals surface area (Å²) in [4.78, 5) is 11.0. The van der Waals surface area contributed by atoms with Crippen LogP contribution >= 0.6 is 15.9 Å². The number of hydrogen-bond acceptors (Lipinski definition) is 3. The van der Waals surface area contributed by atoms with E-state index in [0.717, 1.165) is 22.0 Å². The van der Waals surface area contributed by atoms with Gasteiger partial charge in [-0.2, -0.15) is 0 Å². The molecule has 0 unspecified atom stereocenters. The summed E-state index contributed by atoms with van der Waals surface area (Å²) in [5.41, 5.74) is 1.69. The standard InChI is InChI=1S/C14H17BrO4/c1-8(2)13-9(6-12(16)17)10(15)7-11-14(13)19-5-3-4-18-11/h7-8H,3-6H2,1-2H3,(H,16,17). The summed E-state index contributed by atoms with van der Waals surface area (Å²) in [7, 11) is 0. The van der Waals surface area contributed by atoms with Crippen molar-refractivity contribution < 1.29 is 19.4 Å². The third-order valence-electron chi connectivity index (χ3n) is 3.04. The van der Waals surface area contributed by atoms with Crippen LogP contribution in [0.5, 0.6) is 11.5 Å². The van der Waals surface area contributed by atoms with Gasteiger partial charge in [-0.3, -0.25) is 4.79 Å². The lowest BCUT2D eigenvalue weighted by atomic mass is 9.93. The molecule has 0 atom stereocenters. The first-order valence-corrected chi connectivity index (χ1v) is 7.12. The molecule has 2 rings (SSSR count). The molecule has 1 N–H and O–H groups in total. The van der Waals surface area contributed by atoms with Gasteiger partial charge in [-0.25, -0.2) is 0 Å². The van der Waals surface area contributed by atoms with E-state index < -0.39 is 5.97 Å². The largest absolute Gasteiger partial charge is 0.490 e. The van der Waals surface area contributed by atoms with Crippen molar-refractivity contribution in [3.63, 3.8) is 0 Å². The monoisotopic (exact) mass is 328 g/mol. The molecule has 0 spiro atoms. The van der Waals surface area contributed by atoms with Gasteiger partial charge in [0.05, 0.1) is 19.6 Å². The predicted octanol–water partition coefficient (Wildman–Crippen LogP) is 3.36. The lowest BCUT2D eigenvalue weighted by Crippen LogP contribution is -2.09. The van der Waals surface area contributed by atoms with E-state index in [4.69, 9.17) is 14.6 Å². The number of rotatable bonds is 3. The van der Waals surface area contributed by atoms with Crippen molar-refractivity contribution in [1.29, 1.82) is 0 Å². The Morgan fingerprint density at radius 3 is 2.74 bits per heavy atom. The number of carboxylic acid groups (broad SMARTS) is 1. The summed E-state index contributed by atoms with van der Waals surface area (Å²) in [6, 6.07) is 1.81. The van der Waals surface area contributed by atoms with E-state index in [1.165, 1.54) is 0 Å². The maximum Gasteiger partial charge on any atom is 0.307 e. The molecule has 1 aliphatic heterocycles. The van der Waals surface area contributed by atoms with Crippen LogP contribution in [0.25, 0.3) is 0 Å². The highest BCUT2D eigenvalue weighted by atomic mass is 79.9. The molecular weight excluding hydrogens is 312 g/mol. The third kappa shape index (κ3) is 3.03. The highest BCUT2D eigenvalue weighted by Gasteiger charge is 2.24. The summed E-state index contributed by atoms with van der Waals surface area (Å²) in [5.74, 6) is 0.716. The van der Waals surface area contributed by atoms with Crippen molar-refractivity contribution in [2.24, 2.45) is 0 Å². The number of aliphatic carboxylic acids is 1. The van der Waals surface area contributed by atoms with Crippen molar-refractivity contribution >= 4 is 21.9 Å². The number of carboxylic acids is 1. The van der Waals surface area contributed by atoms with E-state index in [9.17, 15) is 4.79 Å². The minimum atomic E-state index is -0.850. The molecular formula is C14H17BrO4. The number of halogens is 1. The SMILES string of the molecule is CC(C)c1c(CC(=O)O)c(Br)cc2c1OCCCO2. The van der Waals surface area contributed by atoms with Crippen LogP contribution in [0.15, 0.2) is 10.5 Å². The average Bonchev–Trinajstić information content (AvgIpc) is 2.53. The molecule has 1 heterocycles. The number of benzene rings is 1. The smallest absolute Gasteiger partial charge is 0.307 e. The quantitative estimate of drug-likeness (QED) is 0.924. The first-order valence-electron chi connectivity index (χ1n) is 6.33. The lowest BCUT2D eigenvalue weighted by Gasteiger charge is -2.20. The topological polar surface area (TPSA) is 55.8 Å². The second-order valence-electron chi connectivity index (χ2n) is 4.85. The third-order valence-corrected chi connectivity index (χ3v) is 3.75. The maximum atomic E-state index is 11.0. The van der Waals surface area contributed by atoms with Gasteiger partial charge in [0.25, 0.3) is 0 Å². The van der Waals surface area contributed by atoms with Gasteiger partial charge < -0.3 is 14.6 Å². The second kappa shape index (κ2) is 5.82. The molecule has 0 radical (unpaired) electrons. The summed E-state index contributed by atoms with van der Waals surface area (Å²) in [6.45, 7) is 5.28. The molecule has 4 nitrogen and oxygen atoms in total. The van der Waals surface area contributed by atoms with E-state index >= 15 is 0 Å². The highest BCUT2D eigenvalue weighted by Crippen LogP contribution is 2.43. The van der Waals surface area contributed by atoms with Crippen molar-refractivity contribution in [1.82, 2.24) is 0 Å². The van der Waals surface area contributed by atoms with Crippen LogP contribution in [0.4, 0.5) is 0 Å². The normalized spacial score (nSPS) is 14.3. The Bertz CT molecular complexity index is 497. The zero-order valence-electron chi connectivity index (χ0n) is 11.0. The molecule has 0 saturated carbocycles. The number of fused-ring (bicyclic) bond motifs is 1. The fraction of sp³-hybridized carbons (Fsp3) is 0.500. The van der Waals surface area contributed by atoms with Crippen LogP contribution in [-0.2, 0) is 11.2 Å². The molecule has 0 saturated heterocycles. The fourth-order valence-electron chi connectivity index (χ4n) is 2.28. The van der Waals surface area contributed by atoms with Crippen LogP contribution in [0.3, 0.4) is 0 Å². The Labute approximate surface area is 120 Å². The first-order chi connectivity index (χ1) is 9.00. The predicted molar refractivity (Wildman–Crippen MR) is 75.2 cm³/mol. The molecule has 0 bridgehead atoms. The van der Waals surface area contributed by atoms with Crippen molar-refractivity contribution in [2.75, 3.05) is 13.2 Å². The van der Waals surface area contributed by atoms with Crippen molar-refractivity contribution in [3.05, 3.63) is 21.7 Å². The Morgan fingerprint density at radius 2 is 2.11 bits per heavy atom. The van der Waals surface area contributed by atoms with E-state index in [0.29, 0.717) is 24.7 Å². The van der Waals surface area contributed by atoms with Gasteiger partial charge in [0.1, 0.15) is 0 Å². The molecule has 19 heavy (non-hydrogen) atoms. The molecule has 0 amide bonds. The minimum Gasteiger partial charge on any atom is -0.490 e. The molecule has 1 aromatic carbocycles. The van der Waals surface area contributed by atoms with Crippen LogP contribution in [0, 0.1) is 0 Å². The average molecular weight is 329 g/mol. The lowest BCUT2D eigenvalue weighted by molar-refractivity contribution is -0.136. The molecule has 0 aliphatic carbocycles. The number of ether oxygens (including phenoxy) is 2. The van der Waals surface area contributed by atoms with Gasteiger partial charge >= 0.3 is 5.97 Å². The minimum absolute atomic E-state index is 0.0231. The summed E-state index contributed by atoms with van der Waals surface area (Å²) in [5, 5.41) is 9.06. The molecule has 104 valence electrons. The van der Waals surface area contributed by atoms with E-state index in [1.807, 2.05) is 19.9 Å². The van der Waals surface area contributed by atoms with Crippen LogP contribution in [-0.4, -0.2) is 24.3 Å². The summed E-state index contributed by atoms with van der Waals surface area (Å²) in [6.07, 6.45) is 0.808. The van der Waals surface area contributed by atoms with Gasteiger partial charge in [0.2, 0.25) is 0 Å². The molecule has 5 heteroatoms. The Kier molecular flexibility index (Phi) is 4.34. The van der Waals surface area contributed by atoms with E-state index in [2.05, 4.69) is 15.9 Å². The Balaban J connectivity index is 2.60. The molecule has 0 fully saturated rings. The zero-order valence-corrected chi connectivity index (χ0v) is 12.6. The maximum absolute atomic E-state index is 11.0. The fourth-order valence-corrected chi connectivity index (χ4v) is 2.84. The second-order valence-corrected chi connectivity index (χ2v) is 5.71. The Morgan fingerprint density at radius 1 is 1.42 bits per heavy atom. The highest BCUT2D eigenvalue weighted by molar-refractivity contribution is 9.10. The van der Waals surface area contributed by atoms with Crippen LogP contribution < -0.4 is 9.47 Å². The van der Waals surface area contributed by atoms with Gasteiger partial charge in [0.15, 0.2) is 11.5 Å².